The van der Waals surface area contributed by atoms with E-state index in [0.29, 0.717) is 21.6 Å². The van der Waals surface area contributed by atoms with E-state index >= 15 is 0 Å². The molecule has 2 aromatic carbocycles. The lowest BCUT2D eigenvalue weighted by molar-refractivity contribution is -0.136. The van der Waals surface area contributed by atoms with Gasteiger partial charge in [0.2, 0.25) is 0 Å². The van der Waals surface area contributed by atoms with Crippen LogP contribution in [0.1, 0.15) is 10.5 Å². The van der Waals surface area contributed by atoms with Crippen LogP contribution >= 0.6 is 39.1 Å². The SMILES string of the molecule is C=CCNC(=O)C(=O)Nn1c(C(=O)Nc2ccc(Cl)cc2Cl)cc2cc(Br)ccc21. The molecule has 0 aliphatic rings. The summed E-state index contributed by atoms with van der Waals surface area (Å²) in [6, 6.07) is 11.5. The predicted octanol–water partition coefficient (Wildman–Crippen LogP) is 4.34. The molecule has 0 unspecified atom stereocenters. The largest absolute Gasteiger partial charge is 0.344 e. The number of amides is 3. The second kappa shape index (κ2) is 9.34. The number of anilines is 1. The van der Waals surface area contributed by atoms with Crippen LogP contribution < -0.4 is 16.1 Å². The first-order valence-corrected chi connectivity index (χ1v) is 10.1. The van der Waals surface area contributed by atoms with E-state index in [4.69, 9.17) is 23.2 Å². The highest BCUT2D eigenvalue weighted by Gasteiger charge is 2.21. The van der Waals surface area contributed by atoms with Crippen LogP contribution in [-0.4, -0.2) is 28.9 Å². The summed E-state index contributed by atoms with van der Waals surface area (Å²) in [5, 5.41) is 6.42. The summed E-state index contributed by atoms with van der Waals surface area (Å²) in [5.74, 6) is -2.34. The topological polar surface area (TPSA) is 92.2 Å². The van der Waals surface area contributed by atoms with E-state index in [2.05, 4.69) is 38.6 Å². The van der Waals surface area contributed by atoms with Crippen molar-refractivity contribution < 1.29 is 14.4 Å². The lowest BCUT2D eigenvalue weighted by atomic mass is 10.2. The van der Waals surface area contributed by atoms with Crippen molar-refractivity contribution in [1.82, 2.24) is 9.99 Å². The van der Waals surface area contributed by atoms with Gasteiger partial charge in [-0.3, -0.25) is 19.8 Å². The molecule has 0 saturated carbocycles. The number of nitrogens with zero attached hydrogens (tertiary/aromatic N) is 1. The van der Waals surface area contributed by atoms with Gasteiger partial charge in [0.1, 0.15) is 5.69 Å². The maximum Gasteiger partial charge on any atom is 0.328 e. The fourth-order valence-corrected chi connectivity index (χ4v) is 3.48. The summed E-state index contributed by atoms with van der Waals surface area (Å²) < 4.78 is 2.03. The van der Waals surface area contributed by atoms with Crippen LogP contribution in [0.15, 0.2) is 59.6 Å². The summed E-state index contributed by atoms with van der Waals surface area (Å²) >= 11 is 15.4. The van der Waals surface area contributed by atoms with Gasteiger partial charge in [-0.25, -0.2) is 4.68 Å². The van der Waals surface area contributed by atoms with Gasteiger partial charge in [0, 0.05) is 21.4 Å². The zero-order chi connectivity index (χ0) is 21.8. The first kappa shape index (κ1) is 21.9. The van der Waals surface area contributed by atoms with E-state index < -0.39 is 17.7 Å². The highest BCUT2D eigenvalue weighted by molar-refractivity contribution is 9.10. The van der Waals surface area contributed by atoms with Crippen LogP contribution in [-0.2, 0) is 9.59 Å². The Labute approximate surface area is 190 Å². The molecule has 0 bridgehead atoms. The van der Waals surface area contributed by atoms with Crippen LogP contribution in [0, 0.1) is 0 Å². The fourth-order valence-electron chi connectivity index (χ4n) is 2.65. The second-order valence-corrected chi connectivity index (χ2v) is 7.85. The minimum Gasteiger partial charge on any atom is -0.344 e. The quantitative estimate of drug-likeness (QED) is 0.353. The molecule has 0 atom stereocenters. The number of aromatic nitrogens is 1. The Morgan fingerprint density at radius 3 is 2.53 bits per heavy atom. The Balaban J connectivity index is 1.97. The minimum absolute atomic E-state index is 0.0963. The van der Waals surface area contributed by atoms with E-state index in [0.717, 1.165) is 4.47 Å². The summed E-state index contributed by atoms with van der Waals surface area (Å²) in [6.07, 6.45) is 1.45. The van der Waals surface area contributed by atoms with E-state index in [1.54, 1.807) is 36.4 Å². The van der Waals surface area contributed by atoms with E-state index in [1.165, 1.54) is 16.8 Å². The lowest BCUT2D eigenvalue weighted by Crippen LogP contribution is -2.39. The van der Waals surface area contributed by atoms with Crippen molar-refractivity contribution in [3.63, 3.8) is 0 Å². The molecule has 7 nitrogen and oxygen atoms in total. The second-order valence-electron chi connectivity index (χ2n) is 6.09. The Bertz CT molecular complexity index is 1180. The van der Waals surface area contributed by atoms with Crippen molar-refractivity contribution >= 4 is 73.4 Å². The Kier molecular flexibility index (Phi) is 6.81. The van der Waals surface area contributed by atoms with E-state index in [1.807, 2.05) is 0 Å². The average Bonchev–Trinajstić information content (AvgIpc) is 3.05. The Morgan fingerprint density at radius 2 is 1.83 bits per heavy atom. The van der Waals surface area contributed by atoms with Crippen LogP contribution in [0.25, 0.3) is 10.9 Å². The molecule has 0 fully saturated rings. The van der Waals surface area contributed by atoms with Gasteiger partial charge in [0.05, 0.1) is 16.2 Å². The first-order chi connectivity index (χ1) is 14.3. The van der Waals surface area contributed by atoms with Gasteiger partial charge in [-0.15, -0.1) is 6.58 Å². The maximum absolute atomic E-state index is 12.9. The van der Waals surface area contributed by atoms with Crippen LogP contribution in [0.4, 0.5) is 5.69 Å². The number of halogens is 3. The molecule has 0 radical (unpaired) electrons. The monoisotopic (exact) mass is 508 g/mol. The molecule has 3 N–H and O–H groups in total. The summed E-state index contributed by atoms with van der Waals surface area (Å²) in [4.78, 5) is 37.2. The molecule has 30 heavy (non-hydrogen) atoms. The molecule has 0 aliphatic carbocycles. The molecule has 154 valence electrons. The normalized spacial score (nSPS) is 10.5. The number of carbonyl (C=O) groups is 3. The number of hydrogen-bond donors (Lipinski definition) is 3. The predicted molar refractivity (Wildman–Crippen MR) is 122 cm³/mol. The Morgan fingerprint density at radius 1 is 1.07 bits per heavy atom. The number of hydrogen-bond acceptors (Lipinski definition) is 3. The molecule has 3 aromatic rings. The van der Waals surface area contributed by atoms with Crippen molar-refractivity contribution in [3.05, 3.63) is 75.3 Å². The molecular formula is C20H15BrCl2N4O3. The standard InChI is InChI=1S/C20H15BrCl2N4O3/c1-2-7-24-19(29)20(30)26-27-16-6-3-12(21)8-11(16)9-17(27)18(28)25-15-5-4-13(22)10-14(15)23/h2-6,8-10H,1,7H2,(H,24,29)(H,25,28)(H,26,30). The summed E-state index contributed by atoms with van der Waals surface area (Å²) in [6.45, 7) is 3.61. The van der Waals surface area contributed by atoms with Crippen molar-refractivity contribution in [2.45, 2.75) is 0 Å². The zero-order valence-corrected chi connectivity index (χ0v) is 18.4. The number of carbonyl (C=O) groups excluding carboxylic acids is 3. The average molecular weight is 510 g/mol. The fraction of sp³-hybridized carbons (Fsp3) is 0.0500. The van der Waals surface area contributed by atoms with Crippen LogP contribution in [0.5, 0.6) is 0 Å². The third-order valence-corrected chi connectivity index (χ3v) is 5.04. The highest BCUT2D eigenvalue weighted by atomic mass is 79.9. The van der Waals surface area contributed by atoms with Crippen LogP contribution in [0.3, 0.4) is 0 Å². The molecule has 1 aromatic heterocycles. The van der Waals surface area contributed by atoms with Crippen molar-refractivity contribution in [3.8, 4) is 0 Å². The van der Waals surface area contributed by atoms with Gasteiger partial charge in [-0.2, -0.15) is 0 Å². The minimum atomic E-state index is -0.934. The molecule has 3 amide bonds. The smallest absolute Gasteiger partial charge is 0.328 e. The maximum atomic E-state index is 12.9. The van der Waals surface area contributed by atoms with Gasteiger partial charge >= 0.3 is 11.8 Å². The molecule has 0 spiro atoms. The number of benzene rings is 2. The molecule has 0 saturated heterocycles. The molecule has 10 heteroatoms. The summed E-state index contributed by atoms with van der Waals surface area (Å²) in [7, 11) is 0. The van der Waals surface area contributed by atoms with E-state index in [9.17, 15) is 14.4 Å². The van der Waals surface area contributed by atoms with Crippen molar-refractivity contribution in [2.75, 3.05) is 17.3 Å². The van der Waals surface area contributed by atoms with Crippen molar-refractivity contribution in [1.29, 1.82) is 0 Å². The van der Waals surface area contributed by atoms with Gasteiger partial charge < -0.3 is 10.6 Å². The van der Waals surface area contributed by atoms with Gasteiger partial charge in [-0.05, 0) is 42.5 Å². The van der Waals surface area contributed by atoms with Gasteiger partial charge in [0.25, 0.3) is 5.91 Å². The molecule has 3 rings (SSSR count). The summed E-state index contributed by atoms with van der Waals surface area (Å²) in [5.41, 5.74) is 3.42. The molecular weight excluding hydrogens is 495 g/mol. The third kappa shape index (κ3) is 4.84. The first-order valence-electron chi connectivity index (χ1n) is 8.57. The number of nitrogens with one attached hydrogen (secondary N) is 3. The van der Waals surface area contributed by atoms with Crippen molar-refractivity contribution in [2.24, 2.45) is 0 Å². The molecule has 0 aliphatic heterocycles. The highest BCUT2D eigenvalue weighted by Crippen LogP contribution is 2.27. The lowest BCUT2D eigenvalue weighted by Gasteiger charge is -2.13. The van der Waals surface area contributed by atoms with Gasteiger partial charge in [-0.1, -0.05) is 45.2 Å². The zero-order valence-electron chi connectivity index (χ0n) is 15.3. The molecule has 1 heterocycles. The Hall–Kier alpha value is -2.81. The number of fused-ring (bicyclic) bond motifs is 1. The van der Waals surface area contributed by atoms with E-state index in [-0.39, 0.29) is 17.3 Å². The van der Waals surface area contributed by atoms with Crippen LogP contribution in [0.2, 0.25) is 10.0 Å². The number of rotatable bonds is 5. The van der Waals surface area contributed by atoms with Gasteiger partial charge in [0.15, 0.2) is 0 Å². The third-order valence-electron chi connectivity index (χ3n) is 4.00.